The van der Waals surface area contributed by atoms with Gasteiger partial charge in [-0.1, -0.05) is 6.92 Å². The van der Waals surface area contributed by atoms with E-state index < -0.39 is 0 Å². The highest BCUT2D eigenvalue weighted by Crippen LogP contribution is 2.22. The number of likely N-dealkylation sites (tertiary alicyclic amines) is 1. The third kappa shape index (κ3) is 3.93. The fourth-order valence-electron chi connectivity index (χ4n) is 2.66. The summed E-state index contributed by atoms with van der Waals surface area (Å²) in [5.41, 5.74) is 0.791. The number of hydrogen-bond donors (Lipinski definition) is 1. The number of nitrogens with one attached hydrogen (secondary N) is 1. The lowest BCUT2D eigenvalue weighted by Gasteiger charge is -2.27. The van der Waals surface area contributed by atoms with E-state index in [0.717, 1.165) is 18.2 Å². The Morgan fingerprint density at radius 1 is 1.40 bits per heavy atom. The maximum Gasteiger partial charge on any atom is 0.272 e. The van der Waals surface area contributed by atoms with Crippen molar-refractivity contribution in [2.45, 2.75) is 26.7 Å². The van der Waals surface area contributed by atoms with Crippen LogP contribution in [0.1, 0.15) is 25.3 Å². The lowest BCUT2D eigenvalue weighted by atomic mass is 9.99. The molecule has 1 fully saturated rings. The normalized spacial score (nSPS) is 22.5. The zero-order valence-electron chi connectivity index (χ0n) is 12.2. The van der Waals surface area contributed by atoms with Gasteiger partial charge < -0.3 is 9.64 Å². The van der Waals surface area contributed by atoms with E-state index in [1.807, 2.05) is 0 Å². The van der Waals surface area contributed by atoms with E-state index in [1.165, 1.54) is 32.0 Å². The van der Waals surface area contributed by atoms with Crippen LogP contribution in [0.3, 0.4) is 0 Å². The van der Waals surface area contributed by atoms with Gasteiger partial charge in [0.15, 0.2) is 0 Å². The molecule has 1 N–H and O–H groups in total. The number of rotatable bonds is 5. The van der Waals surface area contributed by atoms with Crippen molar-refractivity contribution < 1.29 is 14.6 Å². The van der Waals surface area contributed by atoms with Crippen LogP contribution >= 0.6 is 0 Å². The molecule has 0 unspecified atom stereocenters. The van der Waals surface area contributed by atoms with Crippen LogP contribution in [-0.2, 0) is 0 Å². The lowest BCUT2D eigenvalue weighted by Crippen LogP contribution is -3.13. The number of hydrogen-bond acceptors (Lipinski definition) is 3. The second kappa shape index (κ2) is 6.70. The fraction of sp³-hybridized carbons (Fsp3) is 0.600. The SMILES string of the molecule is Cc1cc(OCC[NH+]2CCC(C)CC2)ccc1[N+](=O)[O-]. The molecule has 1 aliphatic rings. The Balaban J connectivity index is 1.79. The van der Waals surface area contributed by atoms with Gasteiger partial charge in [-0.3, -0.25) is 10.1 Å². The van der Waals surface area contributed by atoms with Gasteiger partial charge in [-0.15, -0.1) is 0 Å². The number of quaternary nitrogens is 1. The number of nitro groups is 1. The first-order chi connectivity index (χ1) is 9.56. The first kappa shape index (κ1) is 14.8. The summed E-state index contributed by atoms with van der Waals surface area (Å²) in [4.78, 5) is 12.0. The second-order valence-electron chi connectivity index (χ2n) is 5.74. The summed E-state index contributed by atoms with van der Waals surface area (Å²) in [6.45, 7) is 8.17. The van der Waals surface area contributed by atoms with Crippen molar-refractivity contribution in [1.82, 2.24) is 0 Å². The van der Waals surface area contributed by atoms with Crippen molar-refractivity contribution >= 4 is 5.69 Å². The largest absolute Gasteiger partial charge is 0.488 e. The molecule has 0 amide bonds. The van der Waals surface area contributed by atoms with Crippen LogP contribution in [-0.4, -0.2) is 31.2 Å². The standard InChI is InChI=1S/C15H22N2O3/c1-12-5-7-16(8-6-12)9-10-20-14-3-4-15(17(18)19)13(2)11-14/h3-4,11-12H,5-10H2,1-2H3/p+1. The van der Waals surface area contributed by atoms with Crippen LogP contribution in [0, 0.1) is 23.0 Å². The minimum Gasteiger partial charge on any atom is -0.488 e. The van der Waals surface area contributed by atoms with Gasteiger partial charge in [0.2, 0.25) is 0 Å². The summed E-state index contributed by atoms with van der Waals surface area (Å²) in [6, 6.07) is 4.94. The van der Waals surface area contributed by atoms with Crippen LogP contribution in [0.5, 0.6) is 5.75 Å². The highest BCUT2D eigenvalue weighted by atomic mass is 16.6. The molecule has 0 radical (unpaired) electrons. The molecule has 2 rings (SSSR count). The van der Waals surface area contributed by atoms with Gasteiger partial charge in [0.1, 0.15) is 18.9 Å². The summed E-state index contributed by atoms with van der Waals surface area (Å²) < 4.78 is 5.71. The summed E-state index contributed by atoms with van der Waals surface area (Å²) in [5.74, 6) is 1.58. The first-order valence-electron chi connectivity index (χ1n) is 7.27. The molecule has 0 aromatic heterocycles. The summed E-state index contributed by atoms with van der Waals surface area (Å²) in [6.07, 6.45) is 2.60. The average molecular weight is 279 g/mol. The van der Waals surface area contributed by atoms with Gasteiger partial charge >= 0.3 is 0 Å². The molecule has 1 aromatic rings. The molecule has 0 spiro atoms. The Hall–Kier alpha value is -1.62. The molecule has 110 valence electrons. The third-order valence-electron chi connectivity index (χ3n) is 4.07. The molecule has 5 heteroatoms. The minimum absolute atomic E-state index is 0.146. The number of nitro benzene ring substituents is 1. The molecule has 0 atom stereocenters. The molecular formula is C15H23N2O3+. The van der Waals surface area contributed by atoms with Crippen molar-refractivity contribution in [2.75, 3.05) is 26.2 Å². The molecular weight excluding hydrogens is 256 g/mol. The molecule has 5 nitrogen and oxygen atoms in total. The van der Waals surface area contributed by atoms with E-state index in [4.69, 9.17) is 4.74 Å². The van der Waals surface area contributed by atoms with Crippen LogP contribution in [0.25, 0.3) is 0 Å². The molecule has 20 heavy (non-hydrogen) atoms. The van der Waals surface area contributed by atoms with Crippen molar-refractivity contribution in [3.8, 4) is 5.75 Å². The number of benzene rings is 1. The van der Waals surface area contributed by atoms with Crippen molar-refractivity contribution in [1.29, 1.82) is 0 Å². The van der Waals surface area contributed by atoms with Crippen LogP contribution in [0.4, 0.5) is 5.69 Å². The number of nitrogens with zero attached hydrogens (tertiary/aromatic N) is 1. The number of piperidine rings is 1. The zero-order valence-corrected chi connectivity index (χ0v) is 12.2. The van der Waals surface area contributed by atoms with Gasteiger partial charge in [-0.05, 0) is 37.8 Å². The Bertz CT molecular complexity index is 468. The fourth-order valence-corrected chi connectivity index (χ4v) is 2.66. The van der Waals surface area contributed by atoms with E-state index in [0.29, 0.717) is 12.2 Å². The van der Waals surface area contributed by atoms with Crippen LogP contribution in [0.15, 0.2) is 18.2 Å². The molecule has 0 bridgehead atoms. The quantitative estimate of drug-likeness (QED) is 0.658. The van der Waals surface area contributed by atoms with E-state index >= 15 is 0 Å². The third-order valence-corrected chi connectivity index (χ3v) is 4.07. The number of ether oxygens (including phenoxy) is 1. The van der Waals surface area contributed by atoms with Crippen molar-refractivity contribution in [3.05, 3.63) is 33.9 Å². The summed E-state index contributed by atoms with van der Waals surface area (Å²) >= 11 is 0. The highest BCUT2D eigenvalue weighted by molar-refractivity contribution is 5.44. The van der Waals surface area contributed by atoms with Gasteiger partial charge in [0.25, 0.3) is 5.69 Å². The zero-order chi connectivity index (χ0) is 14.5. The maximum absolute atomic E-state index is 10.7. The van der Waals surface area contributed by atoms with Crippen molar-refractivity contribution in [3.63, 3.8) is 0 Å². The predicted octanol–water partition coefficient (Wildman–Crippen LogP) is 1.60. The minimum atomic E-state index is -0.363. The Labute approximate surface area is 119 Å². The lowest BCUT2D eigenvalue weighted by molar-refractivity contribution is -0.906. The molecule has 1 aliphatic heterocycles. The summed E-state index contributed by atoms with van der Waals surface area (Å²) in [7, 11) is 0. The molecule has 1 saturated heterocycles. The smallest absolute Gasteiger partial charge is 0.272 e. The van der Waals surface area contributed by atoms with Crippen molar-refractivity contribution in [2.24, 2.45) is 5.92 Å². The first-order valence-corrected chi connectivity index (χ1v) is 7.27. The second-order valence-corrected chi connectivity index (χ2v) is 5.74. The monoisotopic (exact) mass is 279 g/mol. The Kier molecular flexibility index (Phi) is 4.95. The van der Waals surface area contributed by atoms with E-state index in [1.54, 1.807) is 24.0 Å². The highest BCUT2D eigenvalue weighted by Gasteiger charge is 2.18. The van der Waals surface area contributed by atoms with Crippen LogP contribution in [0.2, 0.25) is 0 Å². The predicted molar refractivity (Wildman–Crippen MR) is 77.3 cm³/mol. The topological polar surface area (TPSA) is 56.8 Å². The average Bonchev–Trinajstić information content (AvgIpc) is 2.41. The maximum atomic E-state index is 10.7. The van der Waals surface area contributed by atoms with E-state index in [9.17, 15) is 10.1 Å². The van der Waals surface area contributed by atoms with E-state index in [-0.39, 0.29) is 10.6 Å². The van der Waals surface area contributed by atoms with Gasteiger partial charge in [0, 0.05) is 11.6 Å². The van der Waals surface area contributed by atoms with Crippen LogP contribution < -0.4 is 9.64 Å². The molecule has 1 aromatic carbocycles. The van der Waals surface area contributed by atoms with Gasteiger partial charge in [0.05, 0.1) is 18.0 Å². The summed E-state index contributed by atoms with van der Waals surface area (Å²) in [5, 5.41) is 10.7. The van der Waals surface area contributed by atoms with E-state index in [2.05, 4.69) is 6.92 Å². The van der Waals surface area contributed by atoms with Gasteiger partial charge in [-0.25, -0.2) is 0 Å². The Morgan fingerprint density at radius 3 is 2.70 bits per heavy atom. The van der Waals surface area contributed by atoms with Gasteiger partial charge in [-0.2, -0.15) is 0 Å². The number of aryl methyl sites for hydroxylation is 1. The molecule has 1 heterocycles. The molecule has 0 saturated carbocycles. The molecule has 0 aliphatic carbocycles. The Morgan fingerprint density at radius 2 is 2.10 bits per heavy atom.